The highest BCUT2D eigenvalue weighted by atomic mass is 16.5. The molecule has 35 heteroatoms. The van der Waals surface area contributed by atoms with Gasteiger partial charge < -0.3 is 84.8 Å². The van der Waals surface area contributed by atoms with Crippen molar-refractivity contribution in [1.29, 1.82) is 0 Å². The molecule has 0 radical (unpaired) electrons. The molecule has 4 unspecified atom stereocenters. The maximum atomic E-state index is 14.0. The number of carboxylic acid groups (broad SMARTS) is 8. The second kappa shape index (κ2) is 54.0. The van der Waals surface area contributed by atoms with Crippen molar-refractivity contribution < 1.29 is 141 Å². The zero-order valence-corrected chi connectivity index (χ0v) is 65.0. The second-order valence-electron chi connectivity index (χ2n) is 27.9. The van der Waals surface area contributed by atoms with Gasteiger partial charge in [0.15, 0.2) is 6.20 Å². The number of Topliss-reactive ketones (excluding diaryl/α,β-unsaturated/α-hetero) is 4. The first-order valence-electron chi connectivity index (χ1n) is 38.1. The third-order valence-electron chi connectivity index (χ3n) is 18.5. The van der Waals surface area contributed by atoms with Gasteiger partial charge in [0.25, 0.3) is 0 Å². The quantitative estimate of drug-likeness (QED) is 0.0279. The van der Waals surface area contributed by atoms with E-state index in [1.165, 1.54) is 6.92 Å². The van der Waals surface area contributed by atoms with Gasteiger partial charge in [0.2, 0.25) is 17.3 Å². The summed E-state index contributed by atoms with van der Waals surface area (Å²) >= 11 is 0. The number of ketones is 4. The van der Waals surface area contributed by atoms with Gasteiger partial charge in [0.1, 0.15) is 48.3 Å². The number of pyridine rings is 1. The number of amides is 2. The minimum Gasteiger partial charge on any atom is -0.480 e. The Labute approximate surface area is 661 Å². The molecule has 2 aromatic carbocycles. The molecule has 4 atom stereocenters. The van der Waals surface area contributed by atoms with Crippen LogP contribution < -0.4 is 20.1 Å². The zero-order chi connectivity index (χ0) is 83.8. The largest absolute Gasteiger partial charge is 0.480 e. The molecule has 35 nitrogen and oxygen atoms in total. The number of fused-ring (bicyclic) bond motifs is 2. The van der Waals surface area contributed by atoms with Crippen LogP contribution in [0, 0.1) is 5.41 Å². The number of rotatable bonds is 68. The van der Waals surface area contributed by atoms with E-state index in [9.17, 15) is 108 Å². The van der Waals surface area contributed by atoms with Crippen LogP contribution in [0.2, 0.25) is 0 Å². The summed E-state index contributed by atoms with van der Waals surface area (Å²) in [5, 5.41) is 82.4. The third-order valence-corrected chi connectivity index (χ3v) is 18.5. The Morgan fingerprint density at radius 2 is 0.886 bits per heavy atom. The summed E-state index contributed by atoms with van der Waals surface area (Å²) in [6.07, 6.45) is 9.96. The Bertz CT molecular complexity index is 3470. The zero-order valence-electron chi connectivity index (χ0n) is 65.0. The summed E-state index contributed by atoms with van der Waals surface area (Å²) in [5.74, 6) is -12.9. The Hall–Kier alpha value is -9.85. The van der Waals surface area contributed by atoms with E-state index in [-0.39, 0.29) is 212 Å². The monoisotopic (exact) mass is 1610 g/mol. The van der Waals surface area contributed by atoms with Gasteiger partial charge >= 0.3 is 47.8 Å². The van der Waals surface area contributed by atoms with Crippen LogP contribution in [0.4, 0.5) is 5.69 Å². The minimum absolute atomic E-state index is 0.0181. The first kappa shape index (κ1) is 96.5. The molecule has 114 heavy (non-hydrogen) atoms. The highest BCUT2D eigenvalue weighted by molar-refractivity contribution is 5.99. The Morgan fingerprint density at radius 3 is 1.39 bits per heavy atom. The summed E-state index contributed by atoms with van der Waals surface area (Å²) < 4.78 is 37.5. The fourth-order valence-corrected chi connectivity index (χ4v) is 12.9. The molecule has 0 spiro atoms. The maximum Gasteiger partial charge on any atom is 0.320 e. The summed E-state index contributed by atoms with van der Waals surface area (Å²) in [6.45, 7) is -2.74. The Balaban J connectivity index is 1.34. The number of carbonyl (C=O) groups is 14. The van der Waals surface area contributed by atoms with Crippen molar-refractivity contribution >= 4 is 111 Å². The smallest absolute Gasteiger partial charge is 0.320 e. The molecule has 2 amide bonds. The van der Waals surface area contributed by atoms with Crippen LogP contribution in [0.1, 0.15) is 140 Å². The normalized spacial score (nSPS) is 13.6. The molecule has 0 saturated carbocycles. The number of allylic oxidation sites excluding steroid dienone is 2. The average molecular weight is 1610 g/mol. The number of aliphatic carboxylic acids is 8. The third kappa shape index (κ3) is 39.3. The molecule has 1 aromatic heterocycles. The van der Waals surface area contributed by atoms with Crippen molar-refractivity contribution in [3.8, 4) is 0 Å². The van der Waals surface area contributed by atoms with Gasteiger partial charge in [-0.3, -0.25) is 81.8 Å². The Kier molecular flexibility index (Phi) is 45.7. The van der Waals surface area contributed by atoms with Gasteiger partial charge in [0.05, 0.1) is 124 Å². The van der Waals surface area contributed by atoms with Gasteiger partial charge in [-0.1, -0.05) is 56.0 Å². The molecule has 630 valence electrons. The summed E-state index contributed by atoms with van der Waals surface area (Å²) in [5.41, 5.74) is 3.99. The molecule has 0 saturated heterocycles. The number of hydrogen-bond donors (Lipinski definition) is 10. The molecule has 0 bridgehead atoms. The van der Waals surface area contributed by atoms with E-state index in [4.69, 9.17) is 28.4 Å². The number of nitrogens with one attached hydrogen (secondary N) is 2. The number of carbonyl (C=O) groups excluding carboxylic acids is 6. The van der Waals surface area contributed by atoms with E-state index in [2.05, 4.69) is 56.5 Å². The van der Waals surface area contributed by atoms with Crippen LogP contribution in [-0.4, -0.2) is 295 Å². The fourth-order valence-electron chi connectivity index (χ4n) is 12.9. The van der Waals surface area contributed by atoms with Gasteiger partial charge in [0, 0.05) is 106 Å². The molecule has 3 aromatic rings. The molecule has 10 N–H and O–H groups in total. The highest BCUT2D eigenvalue weighted by Gasteiger charge is 2.36. The summed E-state index contributed by atoms with van der Waals surface area (Å²) in [7, 11) is 2.02. The number of aryl methyl sites for hydroxylation is 1. The number of para-hydroxylation sites is 2. The number of aromatic nitrogens is 1. The summed E-state index contributed by atoms with van der Waals surface area (Å²) in [6, 6.07) is 14.3. The van der Waals surface area contributed by atoms with Gasteiger partial charge in [-0.15, -0.1) is 0 Å². The van der Waals surface area contributed by atoms with E-state index >= 15 is 0 Å². The lowest BCUT2D eigenvalue weighted by molar-refractivity contribution is -0.644. The predicted octanol–water partition coefficient (Wildman–Crippen LogP) is 4.25. The predicted molar refractivity (Wildman–Crippen MR) is 410 cm³/mol. The van der Waals surface area contributed by atoms with Crippen molar-refractivity contribution in [2.45, 2.75) is 147 Å². The van der Waals surface area contributed by atoms with Crippen LogP contribution in [0.25, 0.3) is 22.6 Å². The van der Waals surface area contributed by atoms with Gasteiger partial charge in [-0.05, 0) is 87.3 Å². The molecule has 1 aliphatic heterocycles. The number of ether oxygens (including phenoxy) is 6. The van der Waals surface area contributed by atoms with Gasteiger partial charge in [-0.2, -0.15) is 0 Å². The molecule has 0 fully saturated rings. The Morgan fingerprint density at radius 1 is 0.456 bits per heavy atom. The number of hydrogen-bond acceptors (Lipinski definition) is 24. The van der Waals surface area contributed by atoms with E-state index in [1.54, 1.807) is 0 Å². The number of unbranched alkanes of at least 4 members (excludes halogenated alkanes) is 5. The molecular weight excluding hydrogens is 1490 g/mol. The second-order valence-corrected chi connectivity index (χ2v) is 27.9. The first-order chi connectivity index (χ1) is 54.5. The molecular formula is C79H112N7O28+. The number of nitrogens with zero attached hydrogens (tertiary/aromatic N) is 5. The molecule has 4 rings (SSSR count). The molecule has 0 aliphatic carbocycles. The summed E-state index contributed by atoms with van der Waals surface area (Å²) in [4.78, 5) is 176. The fraction of sp³-hybridized carbons (Fsp3) is 0.582. The van der Waals surface area contributed by atoms with Gasteiger partial charge in [-0.25, -0.2) is 4.57 Å². The SMILES string of the molecule is CC(=O)CN(CC(=O)O)C(CCCCCC(=O)CCOCC(COCCC(=O)CCCCCC(C(=O)O)N(CC(=O)O)CC(=O)O)(COCCC(=O)NCCCCC(C(=O)O)N(CC(=O)O)CC(=O)O)CC(=O)CCOCCOCCOCCNC(=O)CCN1C=CC(=Cc2cc[n+](C)c3ccccc23)c2ccccc21)C(=O)O. The van der Waals surface area contributed by atoms with E-state index < -0.39 is 116 Å². The molecule has 2 heterocycles. The van der Waals surface area contributed by atoms with Crippen molar-refractivity contribution in [2.24, 2.45) is 12.5 Å². The number of carboxylic acids is 8. The number of anilines is 1. The first-order valence-corrected chi connectivity index (χ1v) is 38.1. The standard InChI is InChI=1S/C79H111N7O28/c1-56(87)47-84(48-71(93)94)66(76(103)104)21-7-3-5-15-59(88)27-37-112-53-79(54-113-38-28-60(89)16-6-4-8-22-67(77(105)106)85(49-72(95)96)50-73(97)98,55-114-39-30-70(92)80-31-14-13-23-68(78(107)108)86(51-74(99)100)52-75(101)102)46-61(90)29-36-109-41-43-111-44-42-110-40-32-81-69(91)26-35-83-34-25-58(63-18-10-12-20-65(63)83)45-57-24-33-82(2)64-19-11-9-17-62(57)64/h9-12,17-20,24-25,33-34,45,66-68H,3-8,13-16,21-23,26-32,35-44,46-55H2,1-2H3,(H9-,80,81,91,92,93,94,95,96,97,98,99,100,101,102,103,104,105,106,107,108)/p+1. The van der Waals surface area contributed by atoms with Crippen molar-refractivity contribution in [3.63, 3.8) is 0 Å². The average Bonchev–Trinajstić information content (AvgIpc) is 0.785. The van der Waals surface area contributed by atoms with Crippen molar-refractivity contribution in [1.82, 2.24) is 25.3 Å². The topological polar surface area (TPSA) is 497 Å². The lowest BCUT2D eigenvalue weighted by Crippen LogP contribution is -2.46. The van der Waals surface area contributed by atoms with E-state index in [1.807, 2.05) is 49.8 Å². The van der Waals surface area contributed by atoms with E-state index in [0.717, 1.165) is 48.0 Å². The minimum atomic E-state index is -1.43. The van der Waals surface area contributed by atoms with Crippen LogP contribution in [0.5, 0.6) is 0 Å². The van der Waals surface area contributed by atoms with Crippen molar-refractivity contribution in [2.75, 3.05) is 143 Å². The maximum absolute atomic E-state index is 14.0. The van der Waals surface area contributed by atoms with E-state index in [0.29, 0.717) is 38.6 Å². The van der Waals surface area contributed by atoms with Crippen LogP contribution >= 0.6 is 0 Å². The number of benzene rings is 2. The lowest BCUT2D eigenvalue weighted by Gasteiger charge is -2.33. The molecule has 1 aliphatic rings. The highest BCUT2D eigenvalue weighted by Crippen LogP contribution is 2.35. The van der Waals surface area contributed by atoms with Crippen LogP contribution in [0.15, 0.2) is 73.1 Å². The lowest BCUT2D eigenvalue weighted by atomic mass is 9.84. The van der Waals surface area contributed by atoms with Crippen molar-refractivity contribution in [3.05, 3.63) is 84.2 Å². The van der Waals surface area contributed by atoms with Crippen LogP contribution in [-0.2, 0) is 103 Å². The van der Waals surface area contributed by atoms with Crippen LogP contribution in [0.3, 0.4) is 0 Å².